The highest BCUT2D eigenvalue weighted by Gasteiger charge is 2.62. The molecule has 1 saturated carbocycles. The first-order valence-corrected chi connectivity index (χ1v) is 15.1. The summed E-state index contributed by atoms with van der Waals surface area (Å²) in [5.74, 6) is 5.36. The number of aromatic nitrogens is 3. The van der Waals surface area contributed by atoms with Crippen LogP contribution in [0.2, 0.25) is 0 Å². The van der Waals surface area contributed by atoms with Crippen molar-refractivity contribution in [1.82, 2.24) is 15.2 Å². The molecule has 1 aliphatic heterocycles. The van der Waals surface area contributed by atoms with Gasteiger partial charge in [0.15, 0.2) is 0 Å². The van der Waals surface area contributed by atoms with Crippen molar-refractivity contribution >= 4 is 15.5 Å². The minimum Gasteiger partial charge on any atom is -0.419 e. The molecule has 3 heterocycles. The average molecular weight is 564 g/mol. The van der Waals surface area contributed by atoms with Crippen LogP contribution < -0.4 is 0 Å². The molecule has 1 aromatic carbocycles. The predicted octanol–water partition coefficient (Wildman–Crippen LogP) is 5.18. The van der Waals surface area contributed by atoms with Crippen LogP contribution in [0.25, 0.3) is 17.3 Å². The quantitative estimate of drug-likeness (QED) is 0.382. The molecule has 0 spiro atoms. The zero-order valence-electron chi connectivity index (χ0n) is 22.2. The first kappa shape index (κ1) is 26.4. The molecule has 8 nitrogen and oxygen atoms in total. The Hall–Kier alpha value is -3.78. The van der Waals surface area contributed by atoms with Gasteiger partial charge in [0.25, 0.3) is 5.89 Å². The Morgan fingerprint density at radius 3 is 2.58 bits per heavy atom. The van der Waals surface area contributed by atoms with Crippen LogP contribution in [0.15, 0.2) is 57.1 Å². The number of nitrogens with zero attached hydrogens (tertiary/aromatic N) is 5. The van der Waals surface area contributed by atoms with Crippen LogP contribution >= 0.6 is 0 Å². The number of hydrogen-bond acceptors (Lipinski definition) is 8. The molecule has 2 aliphatic carbocycles. The Balaban J connectivity index is 1.42. The molecule has 0 amide bonds. The van der Waals surface area contributed by atoms with Crippen LogP contribution in [-0.4, -0.2) is 41.6 Å². The average Bonchev–Trinajstić information content (AvgIpc) is 3.45. The monoisotopic (exact) mass is 563 g/mol. The summed E-state index contributed by atoms with van der Waals surface area (Å²) in [6.45, 7) is 4.34. The summed E-state index contributed by atoms with van der Waals surface area (Å²) < 4.78 is 58.3. The Labute approximate surface area is 231 Å². The maximum atomic E-state index is 14.7. The second kappa shape index (κ2) is 9.41. The fraction of sp³-hybridized carbons (Fsp3) is 0.414. The van der Waals surface area contributed by atoms with E-state index in [4.69, 9.17) is 9.40 Å². The summed E-state index contributed by atoms with van der Waals surface area (Å²) in [5, 5.41) is 17.1. The van der Waals surface area contributed by atoms with Crippen molar-refractivity contribution in [3.05, 3.63) is 71.3 Å². The summed E-state index contributed by atoms with van der Waals surface area (Å²) >= 11 is 0. The van der Waals surface area contributed by atoms with Crippen molar-refractivity contribution in [2.45, 2.75) is 44.6 Å². The van der Waals surface area contributed by atoms with Gasteiger partial charge in [0.2, 0.25) is 5.89 Å². The van der Waals surface area contributed by atoms with Gasteiger partial charge in [-0.05, 0) is 54.5 Å². The number of pyridine rings is 1. The van der Waals surface area contributed by atoms with Crippen molar-refractivity contribution in [2.75, 3.05) is 12.0 Å². The number of allylic oxidation sites excluding steroid dienone is 1. The van der Waals surface area contributed by atoms with Gasteiger partial charge in [-0.2, -0.15) is 10.2 Å². The van der Waals surface area contributed by atoms with E-state index >= 15 is 0 Å². The zero-order chi connectivity index (χ0) is 28.3. The number of benzene rings is 1. The minimum atomic E-state index is -3.18. The first-order valence-electron chi connectivity index (χ1n) is 13.1. The maximum absolute atomic E-state index is 14.7. The first-order chi connectivity index (χ1) is 19.0. The molecule has 40 heavy (non-hydrogen) atoms. The molecule has 6 rings (SSSR count). The van der Waals surface area contributed by atoms with Crippen molar-refractivity contribution in [2.24, 2.45) is 27.5 Å². The third kappa shape index (κ3) is 4.25. The van der Waals surface area contributed by atoms with E-state index in [-0.39, 0.29) is 52.5 Å². The molecule has 4 atom stereocenters. The summed E-state index contributed by atoms with van der Waals surface area (Å²) in [4.78, 5) is 4.96. The molecular weight excluding hydrogens is 536 g/mol. The second-order valence-electron chi connectivity index (χ2n) is 11.2. The van der Waals surface area contributed by atoms with Gasteiger partial charge in [-0.3, -0.25) is 0 Å². The van der Waals surface area contributed by atoms with Crippen molar-refractivity contribution in [3.8, 4) is 23.4 Å². The molecule has 4 bridgehead atoms. The summed E-state index contributed by atoms with van der Waals surface area (Å²) in [7, 11) is -3.18. The third-order valence-corrected chi connectivity index (χ3v) is 9.58. The molecule has 0 radical (unpaired) electrons. The summed E-state index contributed by atoms with van der Waals surface area (Å²) in [6, 6.07) is 8.69. The number of azo groups is 1. The Bertz CT molecular complexity index is 1720. The largest absolute Gasteiger partial charge is 0.419 e. The summed E-state index contributed by atoms with van der Waals surface area (Å²) in [6.07, 6.45) is 4.59. The highest BCUT2D eigenvalue weighted by atomic mass is 32.2. The highest BCUT2D eigenvalue weighted by molar-refractivity contribution is 7.90. The molecule has 11 heteroatoms. The number of fused-ring (bicyclic) bond motifs is 6. The molecule has 0 saturated heterocycles. The minimum absolute atomic E-state index is 0.0646. The van der Waals surface area contributed by atoms with Crippen molar-refractivity contribution in [3.63, 3.8) is 0 Å². The fourth-order valence-electron chi connectivity index (χ4n) is 6.53. The topological polar surface area (TPSA) is 111 Å². The maximum Gasteiger partial charge on any atom is 0.266 e. The number of rotatable bonds is 6. The summed E-state index contributed by atoms with van der Waals surface area (Å²) in [5.41, 5.74) is 0.121. The smallest absolute Gasteiger partial charge is 0.266 e. The standard InChI is InChI=1S/C29H27F2N5O3S/c1-28(2)18-12-14-29(28,23-9-5-8-21(32-23)27-36-35-25(39-27)13-15-40(3,37)38)24-11-10-17(18)16-22(33-34-24)26-19(30)6-4-7-20(26)31/h4-9,16-18,24H,12-15H2,1-3H3/b22-16-,34-33?/t17?,18-,24?,29-/m0/s1. The molecule has 3 aliphatic rings. The van der Waals surface area contributed by atoms with Crippen LogP contribution in [-0.2, 0) is 21.7 Å². The van der Waals surface area contributed by atoms with Crippen molar-refractivity contribution < 1.29 is 21.6 Å². The normalized spacial score (nSPS) is 27.7. The highest BCUT2D eigenvalue weighted by Crippen LogP contribution is 2.63. The van der Waals surface area contributed by atoms with Gasteiger partial charge in [0.05, 0.1) is 28.1 Å². The molecule has 3 aromatic rings. The lowest BCUT2D eigenvalue weighted by atomic mass is 9.58. The molecule has 206 valence electrons. The van der Waals surface area contributed by atoms with Gasteiger partial charge >= 0.3 is 0 Å². The lowest BCUT2D eigenvalue weighted by molar-refractivity contribution is 0.122. The lowest BCUT2D eigenvalue weighted by Gasteiger charge is -2.45. The van der Waals surface area contributed by atoms with Crippen LogP contribution in [0.1, 0.15) is 43.8 Å². The van der Waals surface area contributed by atoms with Gasteiger partial charge < -0.3 is 4.42 Å². The Morgan fingerprint density at radius 2 is 1.82 bits per heavy atom. The van der Waals surface area contributed by atoms with Gasteiger partial charge in [0, 0.05) is 18.6 Å². The SMILES string of the molecule is CC1(C)[C@H]2CC[C@]1(c1cccc(-c3nnc(CCS(C)(=O)=O)o3)n1)C1C#CC2/C=C(/c2c(F)cccc2F)N=N1. The van der Waals surface area contributed by atoms with E-state index in [1.807, 2.05) is 12.1 Å². The Morgan fingerprint density at radius 1 is 1.07 bits per heavy atom. The molecule has 2 unspecified atom stereocenters. The van der Waals surface area contributed by atoms with Crippen LogP contribution in [0.3, 0.4) is 0 Å². The van der Waals surface area contributed by atoms with E-state index in [0.717, 1.165) is 24.8 Å². The molecular formula is C29H27F2N5O3S. The van der Waals surface area contributed by atoms with E-state index in [2.05, 4.69) is 46.1 Å². The van der Waals surface area contributed by atoms with E-state index in [1.165, 1.54) is 18.2 Å². The van der Waals surface area contributed by atoms with E-state index in [0.29, 0.717) is 5.69 Å². The van der Waals surface area contributed by atoms with E-state index in [1.54, 1.807) is 12.1 Å². The number of sulfone groups is 1. The molecule has 2 aromatic heterocycles. The predicted molar refractivity (Wildman–Crippen MR) is 143 cm³/mol. The molecule has 0 N–H and O–H groups in total. The van der Waals surface area contributed by atoms with Crippen LogP contribution in [0.4, 0.5) is 8.78 Å². The van der Waals surface area contributed by atoms with Crippen LogP contribution in [0.5, 0.6) is 0 Å². The number of aryl methyl sites for hydroxylation is 1. The van der Waals surface area contributed by atoms with Crippen LogP contribution in [0, 0.1) is 40.7 Å². The fourth-order valence-corrected chi connectivity index (χ4v) is 7.07. The zero-order valence-corrected chi connectivity index (χ0v) is 23.0. The van der Waals surface area contributed by atoms with E-state index in [9.17, 15) is 17.2 Å². The van der Waals surface area contributed by atoms with Crippen molar-refractivity contribution in [1.29, 1.82) is 0 Å². The van der Waals surface area contributed by atoms with Gasteiger partial charge in [-0.1, -0.05) is 37.8 Å². The second-order valence-corrected chi connectivity index (χ2v) is 13.5. The lowest BCUT2D eigenvalue weighted by Crippen LogP contribution is -2.48. The van der Waals surface area contributed by atoms with Gasteiger partial charge in [0.1, 0.15) is 33.2 Å². The van der Waals surface area contributed by atoms with E-state index < -0.39 is 32.9 Å². The van der Waals surface area contributed by atoms with Gasteiger partial charge in [-0.15, -0.1) is 10.2 Å². The Kier molecular flexibility index (Phi) is 6.22. The number of halogens is 2. The third-order valence-electron chi connectivity index (χ3n) is 8.63. The molecule has 1 fully saturated rings. The number of hydrogen-bond donors (Lipinski definition) is 0. The van der Waals surface area contributed by atoms with Gasteiger partial charge in [-0.25, -0.2) is 22.2 Å².